The van der Waals surface area contributed by atoms with Gasteiger partial charge in [-0.05, 0) is 11.6 Å². The van der Waals surface area contributed by atoms with E-state index in [1.54, 1.807) is 0 Å². The van der Waals surface area contributed by atoms with Crippen LogP contribution < -0.4 is 0 Å². The Labute approximate surface area is 77.1 Å². The molecule has 0 aliphatic carbocycles. The quantitative estimate of drug-likeness (QED) is 0.425. The van der Waals surface area contributed by atoms with Crippen LogP contribution >= 0.6 is 11.6 Å². The summed E-state index contributed by atoms with van der Waals surface area (Å²) < 4.78 is 24.9. The van der Waals surface area contributed by atoms with Gasteiger partial charge in [-0.3, -0.25) is 10.1 Å². The van der Waals surface area contributed by atoms with Crippen molar-refractivity contribution in [2.75, 3.05) is 0 Å². The molecule has 3 nitrogen and oxygen atoms in total. The number of halogens is 3. The Morgan fingerprint density at radius 2 is 2.08 bits per heavy atom. The van der Waals surface area contributed by atoms with Gasteiger partial charge in [0.1, 0.15) is 0 Å². The largest absolute Gasteiger partial charge is 0.348 e. The third kappa shape index (κ3) is 2.35. The van der Waals surface area contributed by atoms with Crippen molar-refractivity contribution in [2.45, 2.75) is 5.38 Å². The Morgan fingerprint density at radius 1 is 1.46 bits per heavy atom. The summed E-state index contributed by atoms with van der Waals surface area (Å²) in [6.45, 7) is 0. The molecule has 1 aromatic rings. The molecule has 13 heavy (non-hydrogen) atoms. The third-order valence-corrected chi connectivity index (χ3v) is 1.60. The number of nitro benzene ring substituents is 1. The molecule has 0 amide bonds. The molecule has 0 bridgehead atoms. The smallest absolute Gasteiger partial charge is 0.258 e. The zero-order valence-electron chi connectivity index (χ0n) is 6.21. The van der Waals surface area contributed by atoms with Crippen LogP contribution in [0.3, 0.4) is 0 Å². The maximum atomic E-state index is 12.4. The first-order chi connectivity index (χ1) is 5.91. The van der Waals surface area contributed by atoms with Gasteiger partial charge in [-0.25, -0.2) is 0 Å². The van der Waals surface area contributed by atoms with Gasteiger partial charge in [-0.15, -0.1) is 0 Å². The van der Waals surface area contributed by atoms with Gasteiger partial charge in [0.15, 0.2) is 0 Å². The van der Waals surface area contributed by atoms with E-state index in [1.807, 2.05) is 0 Å². The van der Waals surface area contributed by atoms with Gasteiger partial charge < -0.3 is 0 Å². The van der Waals surface area contributed by atoms with Crippen LogP contribution in [0.4, 0.5) is 14.5 Å². The van der Waals surface area contributed by atoms with Gasteiger partial charge in [-0.1, -0.05) is 12.1 Å². The minimum Gasteiger partial charge on any atom is -0.258 e. The van der Waals surface area contributed by atoms with E-state index in [9.17, 15) is 18.9 Å². The predicted molar refractivity (Wildman–Crippen MR) is 42.8 cm³/mol. The van der Waals surface area contributed by atoms with Crippen molar-refractivity contribution in [1.82, 2.24) is 0 Å². The lowest BCUT2D eigenvalue weighted by atomic mass is 10.2. The van der Waals surface area contributed by atoms with E-state index < -0.39 is 21.6 Å². The Kier molecular flexibility index (Phi) is 2.47. The summed E-state index contributed by atoms with van der Waals surface area (Å²) in [5.74, 6) is 0. The van der Waals surface area contributed by atoms with E-state index in [-0.39, 0.29) is 0 Å². The average molecular weight is 208 g/mol. The minimum absolute atomic E-state index is 0.405. The van der Waals surface area contributed by atoms with Crippen molar-refractivity contribution in [3.63, 3.8) is 0 Å². The van der Waals surface area contributed by atoms with E-state index in [4.69, 9.17) is 0 Å². The van der Waals surface area contributed by atoms with Gasteiger partial charge in [-0.2, -0.15) is 8.78 Å². The van der Waals surface area contributed by atoms with Crippen molar-refractivity contribution in [3.8, 4) is 0 Å². The average Bonchev–Trinajstić information content (AvgIpc) is 2.03. The van der Waals surface area contributed by atoms with Gasteiger partial charge in [0.2, 0.25) is 0 Å². The molecule has 0 spiro atoms. The van der Waals surface area contributed by atoms with E-state index in [1.165, 1.54) is 0 Å². The zero-order valence-corrected chi connectivity index (χ0v) is 6.96. The molecule has 0 radical (unpaired) electrons. The monoisotopic (exact) mass is 207 g/mol. The number of nitrogens with zero attached hydrogens (tertiary/aromatic N) is 1. The lowest BCUT2D eigenvalue weighted by molar-refractivity contribution is -0.385. The summed E-state index contributed by atoms with van der Waals surface area (Å²) >= 11 is 4.68. The maximum absolute atomic E-state index is 12.4. The Balaban J connectivity index is 3.13. The fourth-order valence-corrected chi connectivity index (χ4v) is 0.913. The van der Waals surface area contributed by atoms with Crippen LogP contribution in [-0.2, 0) is 5.38 Å². The van der Waals surface area contributed by atoms with Crippen LogP contribution in [0, 0.1) is 10.1 Å². The molecule has 0 heterocycles. The molecular formula is C7H4ClF2NO2. The first-order valence-corrected chi connectivity index (χ1v) is 3.61. The van der Waals surface area contributed by atoms with Crippen molar-refractivity contribution < 1.29 is 13.7 Å². The molecule has 0 saturated carbocycles. The van der Waals surface area contributed by atoms with Crippen molar-refractivity contribution in [2.24, 2.45) is 0 Å². The van der Waals surface area contributed by atoms with E-state index in [0.29, 0.717) is 0 Å². The van der Waals surface area contributed by atoms with Gasteiger partial charge in [0, 0.05) is 17.7 Å². The second-order valence-electron chi connectivity index (χ2n) is 2.31. The molecule has 0 saturated heterocycles. The number of rotatable bonds is 2. The van der Waals surface area contributed by atoms with Gasteiger partial charge in [0.05, 0.1) is 4.92 Å². The fraction of sp³-hybridized carbons (Fsp3) is 0.143. The predicted octanol–water partition coefficient (Wildman–Crippen LogP) is 2.88. The maximum Gasteiger partial charge on any atom is 0.348 e. The van der Waals surface area contributed by atoms with Crippen LogP contribution in [0.15, 0.2) is 24.3 Å². The van der Waals surface area contributed by atoms with Crippen molar-refractivity contribution in [3.05, 3.63) is 39.9 Å². The van der Waals surface area contributed by atoms with Crippen molar-refractivity contribution >= 4 is 17.3 Å². The standard InChI is InChI=1S/C7H4ClF2NO2/c8-7(9,10)5-2-1-3-6(4-5)11(12)13/h1-4H. The molecule has 1 aromatic carbocycles. The number of hydrogen-bond acceptors (Lipinski definition) is 2. The normalized spacial score (nSPS) is 11.3. The molecule has 0 aliphatic rings. The number of hydrogen-bond donors (Lipinski definition) is 0. The Hall–Kier alpha value is -1.23. The van der Waals surface area contributed by atoms with Crippen molar-refractivity contribution in [1.29, 1.82) is 0 Å². The number of alkyl halides is 3. The summed E-state index contributed by atoms with van der Waals surface area (Å²) in [4.78, 5) is 9.44. The number of non-ortho nitro benzene ring substituents is 1. The van der Waals surface area contributed by atoms with Crippen LogP contribution in [0.1, 0.15) is 5.56 Å². The van der Waals surface area contributed by atoms with E-state index in [2.05, 4.69) is 11.6 Å². The molecule has 1 rings (SSSR count). The minimum atomic E-state index is -3.56. The fourth-order valence-electron chi connectivity index (χ4n) is 0.796. The van der Waals surface area contributed by atoms with Crippen LogP contribution in [0.25, 0.3) is 0 Å². The second-order valence-corrected chi connectivity index (χ2v) is 2.78. The lowest BCUT2D eigenvalue weighted by Gasteiger charge is -2.06. The lowest BCUT2D eigenvalue weighted by Crippen LogP contribution is -2.03. The number of nitro groups is 1. The molecule has 6 heteroatoms. The van der Waals surface area contributed by atoms with Crippen LogP contribution in [-0.4, -0.2) is 4.92 Å². The second kappa shape index (κ2) is 3.26. The molecule has 0 fully saturated rings. The molecule has 0 unspecified atom stereocenters. The summed E-state index contributed by atoms with van der Waals surface area (Å²) in [6.07, 6.45) is 0. The Bertz CT molecular complexity index is 338. The molecule has 0 N–H and O–H groups in total. The molecule has 0 aromatic heterocycles. The molecule has 0 aliphatic heterocycles. The zero-order chi connectivity index (χ0) is 10.1. The summed E-state index contributed by atoms with van der Waals surface area (Å²) in [7, 11) is 0. The highest BCUT2D eigenvalue weighted by molar-refractivity contribution is 6.21. The highest BCUT2D eigenvalue weighted by Gasteiger charge is 2.29. The number of benzene rings is 1. The molecule has 70 valence electrons. The highest BCUT2D eigenvalue weighted by Crippen LogP contribution is 2.33. The topological polar surface area (TPSA) is 43.1 Å². The van der Waals surface area contributed by atoms with Crippen LogP contribution in [0.2, 0.25) is 0 Å². The summed E-state index contributed by atoms with van der Waals surface area (Å²) in [5, 5.41) is 6.63. The Morgan fingerprint density at radius 3 is 2.54 bits per heavy atom. The van der Waals surface area contributed by atoms with Gasteiger partial charge >= 0.3 is 5.38 Å². The highest BCUT2D eigenvalue weighted by atomic mass is 35.5. The molecular weight excluding hydrogens is 204 g/mol. The summed E-state index contributed by atoms with van der Waals surface area (Å²) in [5.41, 5.74) is -0.985. The SMILES string of the molecule is O=[N+]([O-])c1cccc(C(F)(F)Cl)c1. The molecule has 0 atom stereocenters. The third-order valence-electron chi connectivity index (χ3n) is 1.38. The first-order valence-electron chi connectivity index (χ1n) is 3.23. The van der Waals surface area contributed by atoms with Crippen LogP contribution in [0.5, 0.6) is 0 Å². The van der Waals surface area contributed by atoms with Gasteiger partial charge in [0.25, 0.3) is 5.69 Å². The summed E-state index contributed by atoms with van der Waals surface area (Å²) in [6, 6.07) is 4.04. The van der Waals surface area contributed by atoms with E-state index >= 15 is 0 Å². The first kappa shape index (κ1) is 9.85. The van der Waals surface area contributed by atoms with E-state index in [0.717, 1.165) is 24.3 Å².